The number of carbonyl (C=O) groups excluding carboxylic acids is 1. The van der Waals surface area contributed by atoms with Crippen molar-refractivity contribution < 1.29 is 22.7 Å². The molecule has 0 bridgehead atoms. The number of piperidine rings is 1. The maximum atomic E-state index is 13.2. The molecule has 1 amide bonds. The van der Waals surface area contributed by atoms with Crippen LogP contribution in [0.2, 0.25) is 0 Å². The van der Waals surface area contributed by atoms with E-state index in [2.05, 4.69) is 12.2 Å². The maximum absolute atomic E-state index is 13.2. The van der Waals surface area contributed by atoms with Crippen LogP contribution in [0, 0.1) is 5.92 Å². The van der Waals surface area contributed by atoms with Crippen molar-refractivity contribution >= 4 is 21.6 Å². The molecule has 1 aliphatic heterocycles. The molecule has 1 fully saturated rings. The van der Waals surface area contributed by atoms with Crippen LogP contribution in [0.3, 0.4) is 0 Å². The third-order valence-corrected chi connectivity index (χ3v) is 8.05. The van der Waals surface area contributed by atoms with Gasteiger partial charge in [-0.2, -0.15) is 4.31 Å². The molecule has 0 unspecified atom stereocenters. The molecule has 0 saturated carbocycles. The highest BCUT2D eigenvalue weighted by Crippen LogP contribution is 2.28. The first-order valence-electron chi connectivity index (χ1n) is 11.6. The highest BCUT2D eigenvalue weighted by Gasteiger charge is 2.29. The second kappa shape index (κ2) is 10.9. The zero-order valence-electron chi connectivity index (χ0n) is 19.9. The summed E-state index contributed by atoms with van der Waals surface area (Å²) in [6, 6.07) is 21.3. The van der Waals surface area contributed by atoms with Gasteiger partial charge in [0.15, 0.2) is 0 Å². The van der Waals surface area contributed by atoms with Gasteiger partial charge in [0, 0.05) is 18.8 Å². The SMILES string of the molecule is COc1ccc(S(=O)(=O)N2CCC(C)CC2)cc1C(=O)Nc1ccc(OCc2ccccc2)cc1. The number of sulfonamides is 1. The van der Waals surface area contributed by atoms with Crippen LogP contribution in [0.15, 0.2) is 77.7 Å². The number of anilines is 1. The molecule has 3 aromatic rings. The summed E-state index contributed by atoms with van der Waals surface area (Å²) in [5.74, 6) is 1.03. The lowest BCUT2D eigenvalue weighted by molar-refractivity contribution is 0.102. The summed E-state index contributed by atoms with van der Waals surface area (Å²) < 4.78 is 38.9. The van der Waals surface area contributed by atoms with Gasteiger partial charge >= 0.3 is 0 Å². The molecule has 1 aliphatic rings. The Morgan fingerprint density at radius 1 is 1.00 bits per heavy atom. The molecule has 4 rings (SSSR count). The molecule has 0 radical (unpaired) electrons. The van der Waals surface area contributed by atoms with Gasteiger partial charge in [-0.15, -0.1) is 0 Å². The van der Waals surface area contributed by atoms with E-state index in [1.807, 2.05) is 30.3 Å². The van der Waals surface area contributed by atoms with Gasteiger partial charge in [0.05, 0.1) is 17.6 Å². The lowest BCUT2D eigenvalue weighted by Crippen LogP contribution is -2.37. The minimum absolute atomic E-state index is 0.0858. The van der Waals surface area contributed by atoms with Crippen molar-refractivity contribution in [1.82, 2.24) is 4.31 Å². The third kappa shape index (κ3) is 6.01. The van der Waals surface area contributed by atoms with Gasteiger partial charge in [-0.05, 0) is 66.8 Å². The number of carbonyl (C=O) groups is 1. The molecule has 0 aromatic heterocycles. The van der Waals surface area contributed by atoms with Crippen molar-refractivity contribution in [3.05, 3.63) is 83.9 Å². The van der Waals surface area contributed by atoms with Crippen LogP contribution in [-0.4, -0.2) is 38.8 Å². The first-order chi connectivity index (χ1) is 16.9. The fraction of sp³-hybridized carbons (Fsp3) is 0.296. The number of methoxy groups -OCH3 is 1. The normalized spacial score (nSPS) is 14.9. The summed E-state index contributed by atoms with van der Waals surface area (Å²) in [6.07, 6.45) is 1.65. The van der Waals surface area contributed by atoms with E-state index in [9.17, 15) is 13.2 Å². The smallest absolute Gasteiger partial charge is 0.259 e. The molecule has 1 N–H and O–H groups in total. The summed E-state index contributed by atoms with van der Waals surface area (Å²) in [5, 5.41) is 2.82. The number of amides is 1. The van der Waals surface area contributed by atoms with E-state index in [0.29, 0.717) is 42.8 Å². The third-order valence-electron chi connectivity index (χ3n) is 6.16. The van der Waals surface area contributed by atoms with E-state index in [4.69, 9.17) is 9.47 Å². The summed E-state index contributed by atoms with van der Waals surface area (Å²) >= 11 is 0. The van der Waals surface area contributed by atoms with Gasteiger partial charge in [0.25, 0.3) is 5.91 Å². The van der Waals surface area contributed by atoms with Crippen molar-refractivity contribution in [2.24, 2.45) is 5.92 Å². The highest BCUT2D eigenvalue weighted by molar-refractivity contribution is 7.89. The Bertz CT molecular complexity index is 1250. The van der Waals surface area contributed by atoms with E-state index < -0.39 is 15.9 Å². The van der Waals surface area contributed by atoms with Gasteiger partial charge < -0.3 is 14.8 Å². The Balaban J connectivity index is 1.46. The highest BCUT2D eigenvalue weighted by atomic mass is 32.2. The topological polar surface area (TPSA) is 84.9 Å². The van der Waals surface area contributed by atoms with Crippen LogP contribution in [0.4, 0.5) is 5.69 Å². The molecule has 1 saturated heterocycles. The van der Waals surface area contributed by atoms with Crippen molar-refractivity contribution in [2.75, 3.05) is 25.5 Å². The lowest BCUT2D eigenvalue weighted by Gasteiger charge is -2.29. The fourth-order valence-electron chi connectivity index (χ4n) is 3.97. The molecule has 8 heteroatoms. The molecule has 0 spiro atoms. The molecule has 0 aliphatic carbocycles. The number of rotatable bonds is 8. The number of ether oxygens (including phenoxy) is 2. The minimum atomic E-state index is -3.69. The van der Waals surface area contributed by atoms with Gasteiger partial charge in [0.1, 0.15) is 18.1 Å². The fourth-order valence-corrected chi connectivity index (χ4v) is 5.47. The Hall–Kier alpha value is -3.36. The largest absolute Gasteiger partial charge is 0.496 e. The number of hydrogen-bond acceptors (Lipinski definition) is 5. The van der Waals surface area contributed by atoms with E-state index >= 15 is 0 Å². The van der Waals surface area contributed by atoms with Crippen LogP contribution < -0.4 is 14.8 Å². The predicted molar refractivity (Wildman–Crippen MR) is 135 cm³/mol. The Labute approximate surface area is 206 Å². The number of nitrogens with zero attached hydrogens (tertiary/aromatic N) is 1. The summed E-state index contributed by atoms with van der Waals surface area (Å²) in [4.78, 5) is 13.1. The maximum Gasteiger partial charge on any atom is 0.259 e. The van der Waals surface area contributed by atoms with Gasteiger partial charge in [0.2, 0.25) is 10.0 Å². The van der Waals surface area contributed by atoms with E-state index in [1.54, 1.807) is 24.3 Å². The Morgan fingerprint density at radius 2 is 1.69 bits per heavy atom. The summed E-state index contributed by atoms with van der Waals surface area (Å²) in [6.45, 7) is 3.54. The number of nitrogens with one attached hydrogen (secondary N) is 1. The molecular formula is C27H30N2O5S. The van der Waals surface area contributed by atoms with Crippen molar-refractivity contribution in [3.63, 3.8) is 0 Å². The van der Waals surface area contributed by atoms with Gasteiger partial charge in [-0.1, -0.05) is 37.3 Å². The van der Waals surface area contributed by atoms with Crippen molar-refractivity contribution in [1.29, 1.82) is 0 Å². The molecular weight excluding hydrogens is 464 g/mol. The average molecular weight is 495 g/mol. The molecule has 35 heavy (non-hydrogen) atoms. The second-order valence-electron chi connectivity index (χ2n) is 8.70. The van der Waals surface area contributed by atoms with Crippen LogP contribution in [0.25, 0.3) is 0 Å². The average Bonchev–Trinajstić information content (AvgIpc) is 2.88. The quantitative estimate of drug-likeness (QED) is 0.479. The van der Waals surface area contributed by atoms with Crippen LogP contribution in [0.5, 0.6) is 11.5 Å². The van der Waals surface area contributed by atoms with E-state index in [0.717, 1.165) is 18.4 Å². The summed E-state index contributed by atoms with van der Waals surface area (Å²) in [5.41, 5.74) is 1.77. The Morgan fingerprint density at radius 3 is 2.34 bits per heavy atom. The monoisotopic (exact) mass is 494 g/mol. The predicted octanol–water partition coefficient (Wildman–Crippen LogP) is 4.95. The van der Waals surface area contributed by atoms with Gasteiger partial charge in [-0.3, -0.25) is 4.79 Å². The van der Waals surface area contributed by atoms with Gasteiger partial charge in [-0.25, -0.2) is 8.42 Å². The zero-order valence-corrected chi connectivity index (χ0v) is 20.8. The molecule has 3 aromatic carbocycles. The summed E-state index contributed by atoms with van der Waals surface area (Å²) in [7, 11) is -2.24. The van der Waals surface area contributed by atoms with Crippen LogP contribution in [-0.2, 0) is 16.6 Å². The first kappa shape index (κ1) is 24.8. The molecule has 184 valence electrons. The zero-order chi connectivity index (χ0) is 24.8. The molecule has 0 atom stereocenters. The number of hydrogen-bond donors (Lipinski definition) is 1. The van der Waals surface area contributed by atoms with E-state index in [1.165, 1.54) is 29.6 Å². The minimum Gasteiger partial charge on any atom is -0.496 e. The van der Waals surface area contributed by atoms with Crippen LogP contribution in [0.1, 0.15) is 35.7 Å². The standard InChI is InChI=1S/C27H30N2O5S/c1-20-14-16-29(17-15-20)35(31,32)24-12-13-26(33-2)25(18-24)27(30)28-22-8-10-23(11-9-22)34-19-21-6-4-3-5-7-21/h3-13,18,20H,14-17,19H2,1-2H3,(H,28,30). The van der Waals surface area contributed by atoms with E-state index in [-0.39, 0.29) is 10.5 Å². The lowest BCUT2D eigenvalue weighted by atomic mass is 10.0. The molecule has 7 nitrogen and oxygen atoms in total. The van der Waals surface area contributed by atoms with Crippen molar-refractivity contribution in [2.45, 2.75) is 31.3 Å². The second-order valence-corrected chi connectivity index (χ2v) is 10.6. The first-order valence-corrected chi connectivity index (χ1v) is 13.1. The Kier molecular flexibility index (Phi) is 7.73. The number of benzene rings is 3. The molecule has 1 heterocycles. The van der Waals surface area contributed by atoms with Crippen molar-refractivity contribution in [3.8, 4) is 11.5 Å². The van der Waals surface area contributed by atoms with Crippen LogP contribution >= 0.6 is 0 Å².